The van der Waals surface area contributed by atoms with E-state index in [4.69, 9.17) is 4.18 Å². The minimum Gasteiger partial charge on any atom is -0.507 e. The van der Waals surface area contributed by atoms with E-state index >= 15 is 0 Å². The molecule has 3 aromatic rings. The second-order valence-corrected chi connectivity index (χ2v) is 13.8. The molecule has 39 heavy (non-hydrogen) atoms. The number of hydrazone groups is 1. The molecule has 2 N–H and O–H groups in total. The average Bonchev–Trinajstić information content (AvgIpc) is 2.84. The van der Waals surface area contributed by atoms with Gasteiger partial charge in [0.15, 0.2) is 5.75 Å². The quantitative estimate of drug-likeness (QED) is 0.169. The zero-order valence-electron chi connectivity index (χ0n) is 23.1. The van der Waals surface area contributed by atoms with Gasteiger partial charge in [-0.1, -0.05) is 87.8 Å². The lowest BCUT2D eigenvalue weighted by atomic mass is 9.78. The van der Waals surface area contributed by atoms with Crippen molar-refractivity contribution in [3.05, 3.63) is 87.4 Å². The molecule has 0 aliphatic carbocycles. The van der Waals surface area contributed by atoms with Crippen molar-refractivity contribution in [3.63, 3.8) is 0 Å². The van der Waals surface area contributed by atoms with Crippen LogP contribution in [0.2, 0.25) is 0 Å². The number of hydrogen-bond donors (Lipinski definition) is 2. The van der Waals surface area contributed by atoms with Crippen LogP contribution in [0.1, 0.15) is 70.2 Å². The summed E-state index contributed by atoms with van der Waals surface area (Å²) in [5, 5.41) is 14.9. The summed E-state index contributed by atoms with van der Waals surface area (Å²) in [5.74, 6) is 0.0750. The second kappa shape index (κ2) is 11.9. The summed E-state index contributed by atoms with van der Waals surface area (Å²) in [6, 6.07) is 16.6. The van der Waals surface area contributed by atoms with Crippen LogP contribution in [-0.2, 0) is 32.2 Å². The number of carbonyl (C=O) groups excluding carboxylic acids is 1. The lowest BCUT2D eigenvalue weighted by Crippen LogP contribution is -2.20. The maximum atomic E-state index is 12.7. The Morgan fingerprint density at radius 3 is 2.13 bits per heavy atom. The molecule has 0 radical (unpaired) electrons. The summed E-state index contributed by atoms with van der Waals surface area (Å²) < 4.78 is 31.4. The highest BCUT2D eigenvalue weighted by atomic mass is 79.9. The number of nitrogens with one attached hydrogen (secondary N) is 1. The number of phenolic OH excluding ortho intramolecular Hbond substituents is 1. The van der Waals surface area contributed by atoms with Crippen molar-refractivity contribution < 1.29 is 22.5 Å². The van der Waals surface area contributed by atoms with E-state index in [0.29, 0.717) is 22.2 Å². The molecule has 0 fully saturated rings. The predicted molar refractivity (Wildman–Crippen MR) is 158 cm³/mol. The molecule has 0 saturated carbocycles. The summed E-state index contributed by atoms with van der Waals surface area (Å²) in [7, 11) is -4.04. The number of benzene rings is 3. The number of aryl methyl sites for hydroxylation is 1. The Hall–Kier alpha value is -3.17. The molecular formula is C30H35BrN2O5S. The lowest BCUT2D eigenvalue weighted by molar-refractivity contribution is -0.121. The van der Waals surface area contributed by atoms with Gasteiger partial charge in [0.1, 0.15) is 10.6 Å². The molecule has 0 unspecified atom stereocenters. The van der Waals surface area contributed by atoms with Crippen LogP contribution in [0.3, 0.4) is 0 Å². The Morgan fingerprint density at radius 2 is 1.56 bits per heavy atom. The molecule has 208 valence electrons. The fourth-order valence-electron chi connectivity index (χ4n) is 3.92. The van der Waals surface area contributed by atoms with Crippen molar-refractivity contribution >= 4 is 38.2 Å². The first-order chi connectivity index (χ1) is 18.1. The van der Waals surface area contributed by atoms with E-state index in [0.717, 1.165) is 16.7 Å². The van der Waals surface area contributed by atoms with Crippen molar-refractivity contribution in [3.8, 4) is 11.5 Å². The van der Waals surface area contributed by atoms with Gasteiger partial charge in [0.2, 0.25) is 5.91 Å². The number of amides is 1. The largest absolute Gasteiger partial charge is 0.507 e. The predicted octanol–water partition coefficient (Wildman–Crippen LogP) is 6.60. The molecule has 7 nitrogen and oxygen atoms in total. The summed E-state index contributed by atoms with van der Waals surface area (Å²) in [5.41, 5.74) is 4.99. The van der Waals surface area contributed by atoms with Crippen molar-refractivity contribution in [2.24, 2.45) is 5.10 Å². The van der Waals surface area contributed by atoms with Gasteiger partial charge in [-0.3, -0.25) is 4.79 Å². The van der Waals surface area contributed by atoms with Gasteiger partial charge in [-0.05, 0) is 64.3 Å². The van der Waals surface area contributed by atoms with E-state index in [1.165, 1.54) is 24.4 Å². The third kappa shape index (κ3) is 8.16. The number of rotatable bonds is 8. The highest BCUT2D eigenvalue weighted by molar-refractivity contribution is 9.10. The lowest BCUT2D eigenvalue weighted by Gasteiger charge is -2.28. The molecule has 3 aromatic carbocycles. The molecule has 0 aliphatic rings. The molecule has 0 spiro atoms. The molecule has 0 heterocycles. The van der Waals surface area contributed by atoms with Gasteiger partial charge in [0.05, 0.1) is 6.21 Å². The SMILES string of the molecule is CC(C)(C)c1cc(CCC(=O)N/N=C\c2cc(Br)ccc2OS(=O)(=O)c2ccccc2)cc(C(C)(C)C)c1O. The summed E-state index contributed by atoms with van der Waals surface area (Å²) >= 11 is 3.36. The molecule has 0 saturated heterocycles. The number of hydrogen-bond acceptors (Lipinski definition) is 6. The van der Waals surface area contributed by atoms with Crippen molar-refractivity contribution in [2.45, 2.75) is 70.1 Å². The van der Waals surface area contributed by atoms with Crippen LogP contribution >= 0.6 is 15.9 Å². The topological polar surface area (TPSA) is 105 Å². The molecule has 0 atom stereocenters. The number of nitrogens with zero attached hydrogens (tertiary/aromatic N) is 1. The van der Waals surface area contributed by atoms with Crippen LogP contribution < -0.4 is 9.61 Å². The van der Waals surface area contributed by atoms with Crippen molar-refractivity contribution in [1.82, 2.24) is 5.43 Å². The van der Waals surface area contributed by atoms with Crippen LogP contribution in [-0.4, -0.2) is 25.6 Å². The standard InChI is InChI=1S/C30H35BrN2O5S/c1-29(2,3)24-16-20(17-25(28(24)35)30(4,5)6)12-15-27(34)33-32-19-21-18-22(31)13-14-26(21)38-39(36,37)23-10-8-7-9-11-23/h7-11,13-14,16-19,35H,12,15H2,1-6H3,(H,33,34)/b32-19-. The van der Waals surface area contributed by atoms with E-state index < -0.39 is 10.1 Å². The van der Waals surface area contributed by atoms with Crippen LogP contribution in [0.4, 0.5) is 0 Å². The van der Waals surface area contributed by atoms with Gasteiger partial charge in [-0.2, -0.15) is 13.5 Å². The monoisotopic (exact) mass is 614 g/mol. The van der Waals surface area contributed by atoms with Crippen molar-refractivity contribution in [2.75, 3.05) is 0 Å². The zero-order valence-corrected chi connectivity index (χ0v) is 25.5. The average molecular weight is 616 g/mol. The Balaban J connectivity index is 1.73. The molecule has 0 aromatic heterocycles. The normalized spacial score (nSPS) is 12.5. The third-order valence-corrected chi connectivity index (χ3v) is 7.76. The first-order valence-corrected chi connectivity index (χ1v) is 14.8. The number of carbonyl (C=O) groups is 1. The minimum atomic E-state index is -4.04. The Bertz CT molecular complexity index is 1440. The van der Waals surface area contributed by atoms with Gasteiger partial charge in [-0.25, -0.2) is 5.43 Å². The van der Waals surface area contributed by atoms with Gasteiger partial charge in [0, 0.05) is 16.5 Å². The second-order valence-electron chi connectivity index (χ2n) is 11.4. The van der Waals surface area contributed by atoms with Crippen LogP contribution in [0.15, 0.2) is 75.1 Å². The van der Waals surface area contributed by atoms with Gasteiger partial charge in [-0.15, -0.1) is 0 Å². The summed E-state index contributed by atoms with van der Waals surface area (Å²) in [6.07, 6.45) is 1.99. The minimum absolute atomic E-state index is 0.0302. The number of phenols is 1. The fraction of sp³-hybridized carbons (Fsp3) is 0.333. The van der Waals surface area contributed by atoms with Crippen molar-refractivity contribution in [1.29, 1.82) is 0 Å². The van der Waals surface area contributed by atoms with E-state index in [1.54, 1.807) is 30.3 Å². The highest BCUT2D eigenvalue weighted by Crippen LogP contribution is 2.40. The Labute approximate surface area is 239 Å². The number of aromatic hydroxyl groups is 1. The Kier molecular flexibility index (Phi) is 9.28. The zero-order chi connectivity index (χ0) is 29.0. The molecule has 1 amide bonds. The smallest absolute Gasteiger partial charge is 0.339 e. The molecule has 9 heteroatoms. The fourth-order valence-corrected chi connectivity index (χ4v) is 5.27. The van der Waals surface area contributed by atoms with E-state index in [2.05, 4.69) is 26.5 Å². The first kappa shape index (κ1) is 30.4. The molecule has 0 bridgehead atoms. The maximum absolute atomic E-state index is 12.7. The van der Waals surface area contributed by atoms with Gasteiger partial charge < -0.3 is 9.29 Å². The van der Waals surface area contributed by atoms with E-state index in [1.807, 2.05) is 53.7 Å². The molecular weight excluding hydrogens is 580 g/mol. The number of halogens is 1. The summed E-state index contributed by atoms with van der Waals surface area (Å²) in [4.78, 5) is 12.6. The van der Waals surface area contributed by atoms with Crippen LogP contribution in [0.25, 0.3) is 0 Å². The molecule has 0 aliphatic heterocycles. The summed E-state index contributed by atoms with van der Waals surface area (Å²) in [6.45, 7) is 12.3. The third-order valence-electron chi connectivity index (χ3n) is 6.02. The molecule has 3 rings (SSSR count). The van der Waals surface area contributed by atoms with Gasteiger partial charge in [0.25, 0.3) is 0 Å². The van der Waals surface area contributed by atoms with E-state index in [-0.39, 0.29) is 33.8 Å². The van der Waals surface area contributed by atoms with Gasteiger partial charge >= 0.3 is 10.1 Å². The van der Waals surface area contributed by atoms with E-state index in [9.17, 15) is 18.3 Å². The van der Waals surface area contributed by atoms with Crippen LogP contribution in [0, 0.1) is 0 Å². The maximum Gasteiger partial charge on any atom is 0.339 e. The first-order valence-electron chi connectivity index (χ1n) is 12.6. The van der Waals surface area contributed by atoms with Crippen LogP contribution in [0.5, 0.6) is 11.5 Å². The highest BCUT2D eigenvalue weighted by Gasteiger charge is 2.26. The Morgan fingerprint density at radius 1 is 0.974 bits per heavy atom.